The van der Waals surface area contributed by atoms with Gasteiger partial charge in [-0.3, -0.25) is 4.79 Å². The van der Waals surface area contributed by atoms with Gasteiger partial charge in [-0.1, -0.05) is 18.2 Å². The first-order chi connectivity index (χ1) is 10.3. The highest BCUT2D eigenvalue weighted by Crippen LogP contribution is 2.29. The number of anilines is 1. The van der Waals surface area contributed by atoms with Gasteiger partial charge < -0.3 is 10.4 Å². The predicted octanol–water partition coefficient (Wildman–Crippen LogP) is 3.62. The van der Waals surface area contributed by atoms with Gasteiger partial charge in [-0.15, -0.1) is 22.7 Å². The van der Waals surface area contributed by atoms with Gasteiger partial charge in [0.25, 0.3) is 5.91 Å². The minimum absolute atomic E-state index is 0.0488. The van der Waals surface area contributed by atoms with Crippen molar-refractivity contribution in [3.8, 4) is 9.88 Å². The van der Waals surface area contributed by atoms with Gasteiger partial charge >= 0.3 is 0 Å². The summed E-state index contributed by atoms with van der Waals surface area (Å²) in [5.74, 6) is -0.189. The number of thiophene rings is 1. The number of benzene rings is 1. The molecular weight excluding hydrogens is 304 g/mol. The zero-order valence-corrected chi connectivity index (χ0v) is 12.6. The largest absolute Gasteiger partial charge is 0.392 e. The maximum Gasteiger partial charge on any atom is 0.267 e. The maximum absolute atomic E-state index is 12.2. The Morgan fingerprint density at radius 1 is 1.29 bits per heavy atom. The van der Waals surface area contributed by atoms with E-state index in [2.05, 4.69) is 10.3 Å². The number of aliphatic hydroxyl groups excluding tert-OH is 1. The summed E-state index contributed by atoms with van der Waals surface area (Å²) in [6, 6.07) is 11.1. The summed E-state index contributed by atoms with van der Waals surface area (Å²) in [5.41, 5.74) is 1.43. The van der Waals surface area contributed by atoms with Crippen molar-refractivity contribution in [1.29, 1.82) is 0 Å². The standard InChI is InChI=1S/C15H12N2O2S2/c18-9-10-3-1-4-11(7-10)17-14(19)13-8-16-15(21-13)12-5-2-6-20-12/h1-8,18H,9H2,(H,17,19). The smallest absolute Gasteiger partial charge is 0.267 e. The van der Waals surface area contributed by atoms with Crippen LogP contribution in [-0.4, -0.2) is 16.0 Å². The van der Waals surface area contributed by atoms with E-state index < -0.39 is 0 Å². The SMILES string of the molecule is O=C(Nc1cccc(CO)c1)c1cnc(-c2cccs2)s1. The van der Waals surface area contributed by atoms with Gasteiger partial charge in [-0.05, 0) is 29.1 Å². The molecule has 6 heteroatoms. The van der Waals surface area contributed by atoms with Gasteiger partial charge in [0.15, 0.2) is 0 Å². The average molecular weight is 316 g/mol. The average Bonchev–Trinajstić information content (AvgIpc) is 3.18. The second kappa shape index (κ2) is 6.17. The molecule has 2 aromatic heterocycles. The highest BCUT2D eigenvalue weighted by atomic mass is 32.1. The third-order valence-corrected chi connectivity index (χ3v) is 4.86. The molecule has 0 saturated heterocycles. The highest BCUT2D eigenvalue weighted by Gasteiger charge is 2.12. The second-order valence-corrected chi connectivity index (χ2v) is 6.30. The molecule has 0 aliphatic heterocycles. The Hall–Kier alpha value is -2.02. The fourth-order valence-corrected chi connectivity index (χ4v) is 3.45. The number of aromatic nitrogens is 1. The third kappa shape index (κ3) is 3.18. The van der Waals surface area contributed by atoms with Gasteiger partial charge in [0.2, 0.25) is 0 Å². The van der Waals surface area contributed by atoms with Crippen LogP contribution in [0.3, 0.4) is 0 Å². The molecule has 0 aliphatic carbocycles. The molecule has 0 bridgehead atoms. The summed E-state index contributed by atoms with van der Waals surface area (Å²) in [5, 5.41) is 14.7. The van der Waals surface area contributed by atoms with Gasteiger partial charge in [0.05, 0.1) is 17.7 Å². The summed E-state index contributed by atoms with van der Waals surface area (Å²) >= 11 is 2.96. The molecule has 1 aromatic carbocycles. The van der Waals surface area contributed by atoms with Crippen molar-refractivity contribution in [2.75, 3.05) is 5.32 Å². The van der Waals surface area contributed by atoms with E-state index in [0.717, 1.165) is 15.4 Å². The summed E-state index contributed by atoms with van der Waals surface area (Å²) in [4.78, 5) is 18.1. The van der Waals surface area contributed by atoms with Crippen LogP contribution < -0.4 is 5.32 Å². The van der Waals surface area contributed by atoms with Crippen LogP contribution in [-0.2, 0) is 6.61 Å². The second-order valence-electron chi connectivity index (χ2n) is 4.32. The minimum Gasteiger partial charge on any atom is -0.392 e. The van der Waals surface area contributed by atoms with Crippen molar-refractivity contribution in [3.63, 3.8) is 0 Å². The van der Waals surface area contributed by atoms with Crippen molar-refractivity contribution in [2.45, 2.75) is 6.61 Å². The first kappa shape index (κ1) is 13.9. The van der Waals surface area contributed by atoms with Crippen molar-refractivity contribution < 1.29 is 9.90 Å². The molecule has 2 N–H and O–H groups in total. The molecule has 0 aliphatic rings. The van der Waals surface area contributed by atoms with Gasteiger partial charge in [-0.2, -0.15) is 0 Å². The van der Waals surface area contributed by atoms with Crippen LogP contribution in [0.1, 0.15) is 15.2 Å². The molecule has 0 unspecified atom stereocenters. The van der Waals surface area contributed by atoms with Crippen LogP contribution in [0, 0.1) is 0 Å². The zero-order valence-electron chi connectivity index (χ0n) is 10.9. The molecule has 0 saturated carbocycles. The number of carbonyl (C=O) groups excluding carboxylic acids is 1. The monoisotopic (exact) mass is 316 g/mol. The van der Waals surface area contributed by atoms with Crippen LogP contribution >= 0.6 is 22.7 Å². The first-order valence-electron chi connectivity index (χ1n) is 6.27. The van der Waals surface area contributed by atoms with Crippen LogP contribution in [0.25, 0.3) is 9.88 Å². The molecular formula is C15H12N2O2S2. The van der Waals surface area contributed by atoms with E-state index in [1.807, 2.05) is 17.5 Å². The fraction of sp³-hybridized carbons (Fsp3) is 0.0667. The molecule has 2 heterocycles. The summed E-state index contributed by atoms with van der Waals surface area (Å²) in [6.45, 7) is -0.0488. The number of thiazole rings is 1. The molecule has 0 radical (unpaired) electrons. The Kier molecular flexibility index (Phi) is 4.10. The number of hydrogen-bond acceptors (Lipinski definition) is 5. The van der Waals surface area contributed by atoms with Crippen LogP contribution in [0.15, 0.2) is 48.0 Å². The molecule has 3 aromatic rings. The van der Waals surface area contributed by atoms with Gasteiger partial charge in [0.1, 0.15) is 9.88 Å². The highest BCUT2D eigenvalue weighted by molar-refractivity contribution is 7.22. The van der Waals surface area contributed by atoms with Crippen LogP contribution in [0.2, 0.25) is 0 Å². The maximum atomic E-state index is 12.2. The number of amides is 1. The van der Waals surface area contributed by atoms with E-state index in [4.69, 9.17) is 5.11 Å². The predicted molar refractivity (Wildman–Crippen MR) is 85.7 cm³/mol. The number of nitrogens with zero attached hydrogens (tertiary/aromatic N) is 1. The van der Waals surface area contributed by atoms with Crippen LogP contribution in [0.5, 0.6) is 0 Å². The lowest BCUT2D eigenvalue weighted by atomic mass is 10.2. The molecule has 1 amide bonds. The topological polar surface area (TPSA) is 62.2 Å². The summed E-state index contributed by atoms with van der Waals surface area (Å²) in [6.07, 6.45) is 1.59. The van der Waals surface area contributed by atoms with E-state index in [0.29, 0.717) is 10.6 Å². The molecule has 0 spiro atoms. The molecule has 3 rings (SSSR count). The van der Waals surface area contributed by atoms with E-state index in [9.17, 15) is 4.79 Å². The normalized spacial score (nSPS) is 10.5. The molecule has 21 heavy (non-hydrogen) atoms. The number of hydrogen-bond donors (Lipinski definition) is 2. The Morgan fingerprint density at radius 3 is 2.95 bits per heavy atom. The lowest BCUT2D eigenvalue weighted by Crippen LogP contribution is -2.10. The summed E-state index contributed by atoms with van der Waals surface area (Å²) < 4.78 is 0. The Bertz CT molecular complexity index is 751. The van der Waals surface area contributed by atoms with E-state index in [-0.39, 0.29) is 12.5 Å². The van der Waals surface area contributed by atoms with Gasteiger partial charge in [-0.25, -0.2) is 4.98 Å². The van der Waals surface area contributed by atoms with Crippen molar-refractivity contribution in [1.82, 2.24) is 4.98 Å². The van der Waals surface area contributed by atoms with E-state index >= 15 is 0 Å². The first-order valence-corrected chi connectivity index (χ1v) is 7.97. The van der Waals surface area contributed by atoms with Crippen LogP contribution in [0.4, 0.5) is 5.69 Å². The zero-order chi connectivity index (χ0) is 14.7. The van der Waals surface area contributed by atoms with Crippen molar-refractivity contribution in [3.05, 3.63) is 58.4 Å². The Morgan fingerprint density at radius 2 is 2.19 bits per heavy atom. The minimum atomic E-state index is -0.189. The summed E-state index contributed by atoms with van der Waals surface area (Å²) in [7, 11) is 0. The molecule has 106 valence electrons. The Labute approximate surface area is 129 Å². The fourth-order valence-electron chi connectivity index (χ4n) is 1.83. The van der Waals surface area contributed by atoms with Crippen molar-refractivity contribution >= 4 is 34.3 Å². The molecule has 0 atom stereocenters. The van der Waals surface area contributed by atoms with E-state index in [1.165, 1.54) is 11.3 Å². The lowest BCUT2D eigenvalue weighted by molar-refractivity contribution is 0.103. The molecule has 0 fully saturated rings. The molecule has 4 nitrogen and oxygen atoms in total. The third-order valence-electron chi connectivity index (χ3n) is 2.83. The number of carbonyl (C=O) groups is 1. The number of rotatable bonds is 4. The lowest BCUT2D eigenvalue weighted by Gasteiger charge is -2.04. The number of aliphatic hydroxyl groups is 1. The van der Waals surface area contributed by atoms with Crippen molar-refractivity contribution in [2.24, 2.45) is 0 Å². The quantitative estimate of drug-likeness (QED) is 0.773. The van der Waals surface area contributed by atoms with Gasteiger partial charge in [0, 0.05) is 5.69 Å². The Balaban J connectivity index is 1.76. The van der Waals surface area contributed by atoms with E-state index in [1.54, 1.807) is 41.8 Å². The number of nitrogens with one attached hydrogen (secondary N) is 1.